The number of benzene rings is 10. The van der Waals surface area contributed by atoms with Crippen LogP contribution in [0.2, 0.25) is 0 Å². The van der Waals surface area contributed by atoms with Gasteiger partial charge in [0.15, 0.2) is 0 Å². The first-order chi connectivity index (χ1) is 32.0. The van der Waals surface area contributed by atoms with Gasteiger partial charge in [-0.1, -0.05) is 196 Å². The van der Waals surface area contributed by atoms with Crippen LogP contribution in [-0.2, 0) is 5.41 Å². The Hall–Kier alpha value is -8.20. The third kappa shape index (κ3) is 6.57. The van der Waals surface area contributed by atoms with Crippen LogP contribution in [0.25, 0.3) is 83.1 Å². The Bertz CT molecular complexity index is 3470. The molecule has 1 heterocycles. The van der Waals surface area contributed by atoms with Gasteiger partial charge >= 0.3 is 0 Å². The van der Waals surface area contributed by atoms with Crippen molar-refractivity contribution in [1.29, 1.82) is 0 Å². The molecule has 65 heavy (non-hydrogen) atoms. The first-order valence-electron chi connectivity index (χ1n) is 22.6. The van der Waals surface area contributed by atoms with Gasteiger partial charge in [0.2, 0.25) is 0 Å². The summed E-state index contributed by atoms with van der Waals surface area (Å²) in [5.74, 6) is 0. The molecule has 10 aromatic carbocycles. The Morgan fingerprint density at radius 1 is 0.323 bits per heavy atom. The van der Waals surface area contributed by atoms with Gasteiger partial charge in [-0.25, -0.2) is 0 Å². The van der Waals surface area contributed by atoms with Crippen molar-refractivity contribution in [3.05, 3.63) is 254 Å². The minimum absolute atomic E-state index is 0.128. The smallest absolute Gasteiger partial charge is 0.0541 e. The maximum Gasteiger partial charge on any atom is 0.0541 e. The summed E-state index contributed by atoms with van der Waals surface area (Å²) in [6.45, 7) is 4.72. The lowest BCUT2D eigenvalue weighted by atomic mass is 9.82. The van der Waals surface area contributed by atoms with Gasteiger partial charge < -0.3 is 9.47 Å². The summed E-state index contributed by atoms with van der Waals surface area (Å²) in [7, 11) is 0. The van der Waals surface area contributed by atoms with Crippen LogP contribution in [-0.4, -0.2) is 4.57 Å². The third-order valence-electron chi connectivity index (χ3n) is 13.6. The summed E-state index contributed by atoms with van der Waals surface area (Å²) in [5.41, 5.74) is 21.7. The zero-order valence-electron chi connectivity index (χ0n) is 36.5. The van der Waals surface area contributed by atoms with E-state index < -0.39 is 0 Å². The van der Waals surface area contributed by atoms with E-state index in [4.69, 9.17) is 0 Å². The number of para-hydroxylation sites is 2. The summed E-state index contributed by atoms with van der Waals surface area (Å²) < 4.78 is 2.37. The predicted octanol–water partition coefficient (Wildman–Crippen LogP) is 17.2. The number of rotatable bonds is 8. The van der Waals surface area contributed by atoms with Crippen molar-refractivity contribution in [2.75, 3.05) is 4.90 Å². The quantitative estimate of drug-likeness (QED) is 0.148. The lowest BCUT2D eigenvalue weighted by molar-refractivity contribution is 0.660. The van der Waals surface area contributed by atoms with Gasteiger partial charge in [-0.3, -0.25) is 0 Å². The highest BCUT2D eigenvalue weighted by Gasteiger charge is 2.36. The zero-order valence-corrected chi connectivity index (χ0v) is 36.5. The molecule has 0 saturated heterocycles. The topological polar surface area (TPSA) is 8.17 Å². The first kappa shape index (κ1) is 38.5. The molecule has 1 aliphatic carbocycles. The van der Waals surface area contributed by atoms with Crippen molar-refractivity contribution in [2.45, 2.75) is 19.3 Å². The van der Waals surface area contributed by atoms with Crippen molar-refractivity contribution in [2.24, 2.45) is 0 Å². The number of anilines is 3. The van der Waals surface area contributed by atoms with Crippen LogP contribution in [0.1, 0.15) is 25.0 Å². The van der Waals surface area contributed by atoms with Crippen molar-refractivity contribution in [3.8, 4) is 61.3 Å². The van der Waals surface area contributed by atoms with Crippen LogP contribution >= 0.6 is 0 Å². The fourth-order valence-electron chi connectivity index (χ4n) is 10.3. The van der Waals surface area contributed by atoms with Gasteiger partial charge in [-0.15, -0.1) is 0 Å². The third-order valence-corrected chi connectivity index (χ3v) is 13.6. The highest BCUT2D eigenvalue weighted by Crippen LogP contribution is 2.51. The summed E-state index contributed by atoms with van der Waals surface area (Å²) in [5, 5.41) is 2.55. The number of hydrogen-bond donors (Lipinski definition) is 0. The lowest BCUT2D eigenvalue weighted by Gasteiger charge is -2.30. The van der Waals surface area contributed by atoms with Gasteiger partial charge in [0.25, 0.3) is 0 Å². The monoisotopic (exact) mass is 830 g/mol. The molecule has 0 aliphatic heterocycles. The molecular weight excluding hydrogens is 785 g/mol. The molecule has 0 bridgehead atoms. The molecular formula is C63H46N2. The lowest BCUT2D eigenvalue weighted by Crippen LogP contribution is -2.17. The molecule has 0 fully saturated rings. The maximum absolute atomic E-state index is 2.45. The van der Waals surface area contributed by atoms with E-state index in [1.165, 1.54) is 88.6 Å². The molecule has 308 valence electrons. The standard InChI is InChI=1S/C63H46N2/c1-63(2)58-22-12-9-19-53(58)54-39-38-52(42-59(54)63)64(62-40-33-49(43-15-5-3-6-16-43)41-57(62)48-17-7-4-8-18-48)50-34-29-46(30-35-50)44-25-27-45(28-26-44)47-31-36-51(37-32-47)65-60-23-13-10-20-55(60)56-21-11-14-24-61(56)65/h3-42H,1-2H3. The molecule has 0 amide bonds. The number of hydrogen-bond acceptors (Lipinski definition) is 1. The minimum Gasteiger partial charge on any atom is -0.310 e. The molecule has 1 aliphatic rings. The summed E-state index contributed by atoms with van der Waals surface area (Å²) >= 11 is 0. The zero-order chi connectivity index (χ0) is 43.5. The molecule has 11 aromatic rings. The van der Waals surface area contributed by atoms with Crippen LogP contribution in [0.3, 0.4) is 0 Å². The van der Waals surface area contributed by atoms with E-state index in [2.05, 4.69) is 266 Å². The van der Waals surface area contributed by atoms with Crippen LogP contribution in [0.4, 0.5) is 17.1 Å². The molecule has 2 nitrogen and oxygen atoms in total. The molecule has 0 saturated carbocycles. The highest BCUT2D eigenvalue weighted by atomic mass is 15.1. The molecule has 12 rings (SSSR count). The highest BCUT2D eigenvalue weighted by molar-refractivity contribution is 6.09. The Labute approximate surface area is 381 Å². The minimum atomic E-state index is -0.128. The molecule has 0 spiro atoms. The second kappa shape index (κ2) is 15.6. The Balaban J connectivity index is 0.908. The molecule has 0 N–H and O–H groups in total. The van der Waals surface area contributed by atoms with Gasteiger partial charge in [0.05, 0.1) is 16.7 Å². The van der Waals surface area contributed by atoms with Crippen LogP contribution in [0, 0.1) is 0 Å². The molecule has 0 atom stereocenters. The summed E-state index contributed by atoms with van der Waals surface area (Å²) in [6.07, 6.45) is 0. The Morgan fingerprint density at radius 2 is 0.785 bits per heavy atom. The van der Waals surface area contributed by atoms with E-state index in [1.807, 2.05) is 0 Å². The SMILES string of the molecule is CC1(C)c2ccccc2-c2ccc(N(c3ccc(-c4ccc(-c5ccc(-n6c7ccccc7c7ccccc76)cc5)cc4)cc3)c3ccc(-c4ccccc4)cc3-c3ccccc3)cc21. The largest absolute Gasteiger partial charge is 0.310 e. The van der Waals surface area contributed by atoms with Crippen LogP contribution in [0.5, 0.6) is 0 Å². The average molecular weight is 831 g/mol. The Morgan fingerprint density at radius 3 is 1.42 bits per heavy atom. The van der Waals surface area contributed by atoms with E-state index in [-0.39, 0.29) is 5.41 Å². The Kier molecular flexibility index (Phi) is 9.21. The average Bonchev–Trinajstić information content (AvgIpc) is 3.83. The number of nitrogens with zero attached hydrogens (tertiary/aromatic N) is 2. The van der Waals surface area contributed by atoms with E-state index in [9.17, 15) is 0 Å². The number of fused-ring (bicyclic) bond motifs is 6. The van der Waals surface area contributed by atoms with Crippen molar-refractivity contribution in [1.82, 2.24) is 4.57 Å². The fourth-order valence-corrected chi connectivity index (χ4v) is 10.3. The van der Waals surface area contributed by atoms with E-state index >= 15 is 0 Å². The van der Waals surface area contributed by atoms with Gasteiger partial charge in [-0.2, -0.15) is 0 Å². The second-order valence-corrected chi connectivity index (χ2v) is 17.7. The number of aromatic nitrogens is 1. The molecule has 1 aromatic heterocycles. The van der Waals surface area contributed by atoms with Crippen LogP contribution in [0.15, 0.2) is 243 Å². The van der Waals surface area contributed by atoms with E-state index in [1.54, 1.807) is 0 Å². The van der Waals surface area contributed by atoms with Crippen molar-refractivity contribution >= 4 is 38.9 Å². The van der Waals surface area contributed by atoms with Gasteiger partial charge in [0.1, 0.15) is 0 Å². The maximum atomic E-state index is 2.45. The van der Waals surface area contributed by atoms with Crippen molar-refractivity contribution < 1.29 is 0 Å². The summed E-state index contributed by atoms with van der Waals surface area (Å²) in [6, 6.07) is 88.8. The predicted molar refractivity (Wildman–Crippen MR) is 275 cm³/mol. The van der Waals surface area contributed by atoms with Crippen LogP contribution < -0.4 is 4.90 Å². The molecule has 0 radical (unpaired) electrons. The second-order valence-electron chi connectivity index (χ2n) is 17.7. The first-order valence-corrected chi connectivity index (χ1v) is 22.6. The van der Waals surface area contributed by atoms with E-state index in [0.29, 0.717) is 0 Å². The van der Waals surface area contributed by atoms with Gasteiger partial charge in [0, 0.05) is 38.8 Å². The van der Waals surface area contributed by atoms with Crippen molar-refractivity contribution in [3.63, 3.8) is 0 Å². The normalized spacial score (nSPS) is 12.6. The summed E-state index contributed by atoms with van der Waals surface area (Å²) in [4.78, 5) is 2.45. The van der Waals surface area contributed by atoms with Gasteiger partial charge in [-0.05, 0) is 122 Å². The molecule has 0 unspecified atom stereocenters. The molecule has 2 heteroatoms. The fraction of sp³-hybridized carbons (Fsp3) is 0.0476. The van der Waals surface area contributed by atoms with E-state index in [0.717, 1.165) is 22.7 Å².